The van der Waals surface area contributed by atoms with Gasteiger partial charge in [-0.3, -0.25) is 4.79 Å². The van der Waals surface area contributed by atoms with Crippen molar-refractivity contribution < 1.29 is 9.53 Å². The zero-order valence-corrected chi connectivity index (χ0v) is 14.0. The SMILES string of the molecule is CCOc1nccnc1N1CC[C@@H](NC(=O)c2ccc(C#N)cc2)C1. The molecule has 0 saturated carbocycles. The number of hydrogen-bond acceptors (Lipinski definition) is 6. The summed E-state index contributed by atoms with van der Waals surface area (Å²) in [5.74, 6) is 1.09. The van der Waals surface area contributed by atoms with Crippen molar-refractivity contribution in [2.45, 2.75) is 19.4 Å². The van der Waals surface area contributed by atoms with Gasteiger partial charge in [0, 0.05) is 37.1 Å². The molecule has 1 aliphatic heterocycles. The minimum absolute atomic E-state index is 0.0274. The van der Waals surface area contributed by atoms with Crippen molar-refractivity contribution in [2.24, 2.45) is 0 Å². The van der Waals surface area contributed by atoms with Crippen molar-refractivity contribution in [3.63, 3.8) is 0 Å². The maximum Gasteiger partial charge on any atom is 0.257 e. The van der Waals surface area contributed by atoms with Crippen LogP contribution >= 0.6 is 0 Å². The first-order valence-electron chi connectivity index (χ1n) is 8.21. The smallest absolute Gasteiger partial charge is 0.257 e. The van der Waals surface area contributed by atoms with Gasteiger partial charge in [0.1, 0.15) is 0 Å². The topological polar surface area (TPSA) is 91.1 Å². The highest BCUT2D eigenvalue weighted by Gasteiger charge is 2.27. The first-order valence-corrected chi connectivity index (χ1v) is 8.21. The summed E-state index contributed by atoms with van der Waals surface area (Å²) in [6, 6.07) is 8.68. The van der Waals surface area contributed by atoms with Crippen LogP contribution in [0.2, 0.25) is 0 Å². The van der Waals surface area contributed by atoms with Crippen molar-refractivity contribution in [3.8, 4) is 11.9 Å². The number of nitrogens with zero attached hydrogens (tertiary/aromatic N) is 4. The molecule has 7 heteroatoms. The van der Waals surface area contributed by atoms with E-state index in [1.165, 1.54) is 0 Å². The lowest BCUT2D eigenvalue weighted by Gasteiger charge is -2.19. The molecule has 2 aromatic rings. The molecule has 7 nitrogen and oxygen atoms in total. The highest BCUT2D eigenvalue weighted by Crippen LogP contribution is 2.26. The molecule has 0 unspecified atom stereocenters. The summed E-state index contributed by atoms with van der Waals surface area (Å²) in [5, 5.41) is 11.8. The van der Waals surface area contributed by atoms with E-state index in [2.05, 4.69) is 20.2 Å². The quantitative estimate of drug-likeness (QED) is 0.894. The predicted molar refractivity (Wildman–Crippen MR) is 92.4 cm³/mol. The fourth-order valence-corrected chi connectivity index (χ4v) is 2.81. The van der Waals surface area contributed by atoms with Crippen LogP contribution in [-0.2, 0) is 0 Å². The molecule has 1 aromatic carbocycles. The average molecular weight is 337 g/mol. The molecule has 1 N–H and O–H groups in total. The molecular formula is C18H19N5O2. The van der Waals surface area contributed by atoms with Crippen LogP contribution in [0.15, 0.2) is 36.7 Å². The second-order valence-electron chi connectivity index (χ2n) is 5.71. The molecule has 0 spiro atoms. The lowest BCUT2D eigenvalue weighted by Crippen LogP contribution is -2.37. The van der Waals surface area contributed by atoms with Gasteiger partial charge < -0.3 is 15.0 Å². The lowest BCUT2D eigenvalue weighted by molar-refractivity contribution is 0.0940. The van der Waals surface area contributed by atoms with Crippen LogP contribution in [0, 0.1) is 11.3 Å². The van der Waals surface area contributed by atoms with E-state index < -0.39 is 0 Å². The monoisotopic (exact) mass is 337 g/mol. The molecule has 25 heavy (non-hydrogen) atoms. The van der Waals surface area contributed by atoms with Crippen LogP contribution < -0.4 is 15.0 Å². The van der Waals surface area contributed by atoms with E-state index in [0.29, 0.717) is 36.0 Å². The summed E-state index contributed by atoms with van der Waals surface area (Å²) >= 11 is 0. The number of hydrogen-bond donors (Lipinski definition) is 1. The second-order valence-corrected chi connectivity index (χ2v) is 5.71. The van der Waals surface area contributed by atoms with Crippen LogP contribution in [0.5, 0.6) is 5.88 Å². The normalized spacial score (nSPS) is 16.3. The maximum atomic E-state index is 12.3. The lowest BCUT2D eigenvalue weighted by atomic mass is 10.1. The molecule has 2 heterocycles. The van der Waals surface area contributed by atoms with Crippen molar-refractivity contribution in [1.29, 1.82) is 5.26 Å². The van der Waals surface area contributed by atoms with Crippen LogP contribution in [0.25, 0.3) is 0 Å². The third-order valence-electron chi connectivity index (χ3n) is 4.03. The van der Waals surface area contributed by atoms with E-state index in [1.807, 2.05) is 13.0 Å². The van der Waals surface area contributed by atoms with E-state index in [0.717, 1.165) is 13.0 Å². The number of anilines is 1. The summed E-state index contributed by atoms with van der Waals surface area (Å²) < 4.78 is 5.53. The van der Waals surface area contributed by atoms with Gasteiger partial charge in [-0.25, -0.2) is 9.97 Å². The summed E-state index contributed by atoms with van der Waals surface area (Å²) in [4.78, 5) is 23.0. The van der Waals surface area contributed by atoms with Gasteiger partial charge in [-0.2, -0.15) is 5.26 Å². The molecule has 3 rings (SSSR count). The molecule has 1 aromatic heterocycles. The van der Waals surface area contributed by atoms with Crippen molar-refractivity contribution in [1.82, 2.24) is 15.3 Å². The molecule has 1 saturated heterocycles. The van der Waals surface area contributed by atoms with E-state index in [4.69, 9.17) is 10.00 Å². The van der Waals surface area contributed by atoms with Gasteiger partial charge in [0.15, 0.2) is 5.82 Å². The molecule has 128 valence electrons. The number of nitrogens with one attached hydrogen (secondary N) is 1. The predicted octanol–water partition coefficient (Wildman–Crippen LogP) is 1.76. The summed E-state index contributed by atoms with van der Waals surface area (Å²) in [6.07, 6.45) is 4.07. The summed E-state index contributed by atoms with van der Waals surface area (Å²) in [7, 11) is 0. The van der Waals surface area contributed by atoms with Gasteiger partial charge in [-0.05, 0) is 37.6 Å². The van der Waals surface area contributed by atoms with Gasteiger partial charge in [-0.15, -0.1) is 0 Å². The first kappa shape index (κ1) is 16.7. The van der Waals surface area contributed by atoms with Gasteiger partial charge in [0.2, 0.25) is 0 Å². The Morgan fingerprint density at radius 1 is 1.36 bits per heavy atom. The fourth-order valence-electron chi connectivity index (χ4n) is 2.81. The molecule has 1 atom stereocenters. The number of rotatable bonds is 5. The van der Waals surface area contributed by atoms with E-state index >= 15 is 0 Å². The zero-order valence-electron chi connectivity index (χ0n) is 14.0. The number of nitriles is 1. The molecule has 0 radical (unpaired) electrons. The third-order valence-corrected chi connectivity index (χ3v) is 4.03. The summed E-state index contributed by atoms with van der Waals surface area (Å²) in [5.41, 5.74) is 1.08. The Bertz CT molecular complexity index is 785. The number of amides is 1. The van der Waals surface area contributed by atoms with Crippen LogP contribution in [0.3, 0.4) is 0 Å². The highest BCUT2D eigenvalue weighted by molar-refractivity contribution is 5.94. The Balaban J connectivity index is 1.63. The zero-order chi connectivity index (χ0) is 17.6. The number of carbonyl (C=O) groups excluding carboxylic acids is 1. The number of carbonyl (C=O) groups is 1. The molecule has 1 amide bonds. The van der Waals surface area contributed by atoms with Crippen molar-refractivity contribution in [2.75, 3.05) is 24.6 Å². The van der Waals surface area contributed by atoms with E-state index in [9.17, 15) is 4.79 Å². The first-order chi connectivity index (χ1) is 12.2. The van der Waals surface area contributed by atoms with E-state index in [1.54, 1.807) is 36.7 Å². The number of ether oxygens (including phenoxy) is 1. The highest BCUT2D eigenvalue weighted by atomic mass is 16.5. The maximum absolute atomic E-state index is 12.3. The van der Waals surface area contributed by atoms with Gasteiger partial charge in [-0.1, -0.05) is 0 Å². The molecule has 0 aliphatic carbocycles. The Labute approximate surface area is 146 Å². The largest absolute Gasteiger partial charge is 0.475 e. The molecule has 1 aliphatic rings. The van der Waals surface area contributed by atoms with Crippen molar-refractivity contribution >= 4 is 11.7 Å². The fraction of sp³-hybridized carbons (Fsp3) is 0.333. The minimum atomic E-state index is -0.138. The number of aromatic nitrogens is 2. The Morgan fingerprint density at radius 3 is 2.84 bits per heavy atom. The van der Waals surface area contributed by atoms with Gasteiger partial charge in [0.25, 0.3) is 11.8 Å². The Hall–Kier alpha value is -3.14. The molecular weight excluding hydrogens is 318 g/mol. The molecule has 1 fully saturated rings. The second kappa shape index (κ2) is 7.62. The van der Waals surface area contributed by atoms with Crippen LogP contribution in [0.1, 0.15) is 29.3 Å². The Morgan fingerprint density at radius 2 is 2.12 bits per heavy atom. The van der Waals surface area contributed by atoms with Crippen LogP contribution in [-0.4, -0.2) is 41.6 Å². The summed E-state index contributed by atoms with van der Waals surface area (Å²) in [6.45, 7) is 3.86. The van der Waals surface area contributed by atoms with Gasteiger partial charge >= 0.3 is 0 Å². The van der Waals surface area contributed by atoms with E-state index in [-0.39, 0.29) is 11.9 Å². The van der Waals surface area contributed by atoms with Gasteiger partial charge in [0.05, 0.1) is 18.2 Å². The standard InChI is InChI=1S/C18H19N5O2/c1-2-25-18-16(20-8-9-21-18)23-10-7-15(12-23)22-17(24)14-5-3-13(11-19)4-6-14/h3-6,8-9,15H,2,7,10,12H2,1H3,(H,22,24)/t15-/m1/s1. The molecule has 0 bridgehead atoms. The Kier molecular flexibility index (Phi) is 5.09. The average Bonchev–Trinajstić information content (AvgIpc) is 3.11. The van der Waals surface area contributed by atoms with Crippen molar-refractivity contribution in [3.05, 3.63) is 47.8 Å². The third kappa shape index (κ3) is 3.86. The number of benzene rings is 1. The van der Waals surface area contributed by atoms with Crippen LogP contribution in [0.4, 0.5) is 5.82 Å². The minimum Gasteiger partial charge on any atom is -0.475 e.